The van der Waals surface area contributed by atoms with E-state index in [0.717, 1.165) is 22.5 Å². The van der Waals surface area contributed by atoms with Crippen LogP contribution in [0, 0.1) is 6.92 Å². The lowest BCUT2D eigenvalue weighted by Gasteiger charge is -2.18. The van der Waals surface area contributed by atoms with E-state index in [-0.39, 0.29) is 18.0 Å². The Morgan fingerprint density at radius 1 is 1.38 bits per heavy atom. The smallest absolute Gasteiger partial charge is 0.319 e. The highest BCUT2D eigenvalue weighted by Gasteiger charge is 2.17. The number of fused-ring (bicyclic) bond motifs is 1. The second kappa shape index (κ2) is 6.35. The zero-order valence-electron chi connectivity index (χ0n) is 14.0. The van der Waals surface area contributed by atoms with Crippen molar-refractivity contribution in [3.8, 4) is 0 Å². The third-order valence-electron chi connectivity index (χ3n) is 4.12. The summed E-state index contributed by atoms with van der Waals surface area (Å²) in [7, 11) is 1.86. The number of benzene rings is 1. The topological polar surface area (TPSA) is 88.1 Å². The van der Waals surface area contributed by atoms with Gasteiger partial charge in [-0.15, -0.1) is 0 Å². The maximum atomic E-state index is 12.2. The van der Waals surface area contributed by atoms with Crippen LogP contribution in [-0.4, -0.2) is 21.7 Å². The summed E-state index contributed by atoms with van der Waals surface area (Å²) < 4.78 is 1.73. The molecule has 3 amide bonds. The molecule has 0 aliphatic carbocycles. The molecule has 1 aliphatic heterocycles. The van der Waals surface area contributed by atoms with Crippen molar-refractivity contribution in [1.82, 2.24) is 15.1 Å². The van der Waals surface area contributed by atoms with Gasteiger partial charge in [0, 0.05) is 36.6 Å². The second-order valence-electron chi connectivity index (χ2n) is 6.08. The van der Waals surface area contributed by atoms with Crippen molar-refractivity contribution in [1.29, 1.82) is 0 Å². The molecule has 0 fully saturated rings. The van der Waals surface area contributed by atoms with Gasteiger partial charge in [0.2, 0.25) is 5.91 Å². The number of carbonyl (C=O) groups is 2. The minimum Gasteiger partial charge on any atom is -0.331 e. The minimum atomic E-state index is -0.273. The fourth-order valence-corrected chi connectivity index (χ4v) is 2.95. The van der Waals surface area contributed by atoms with E-state index in [0.29, 0.717) is 18.5 Å². The van der Waals surface area contributed by atoms with Gasteiger partial charge in [0.25, 0.3) is 0 Å². The highest BCUT2D eigenvalue weighted by Crippen LogP contribution is 2.25. The first kappa shape index (κ1) is 16.0. The zero-order chi connectivity index (χ0) is 17.3. The molecular weight excluding hydrogens is 306 g/mol. The number of nitrogens with one attached hydrogen (secondary N) is 3. The van der Waals surface area contributed by atoms with Crippen LogP contribution in [0.1, 0.15) is 36.2 Å². The van der Waals surface area contributed by atoms with Gasteiger partial charge in [0.15, 0.2) is 0 Å². The van der Waals surface area contributed by atoms with Crippen molar-refractivity contribution >= 4 is 23.3 Å². The maximum absolute atomic E-state index is 12.2. The third kappa shape index (κ3) is 3.40. The van der Waals surface area contributed by atoms with Crippen molar-refractivity contribution in [3.05, 3.63) is 41.2 Å². The highest BCUT2D eigenvalue weighted by molar-refractivity contribution is 5.95. The zero-order valence-corrected chi connectivity index (χ0v) is 14.0. The molecule has 1 aliphatic rings. The Hall–Kier alpha value is -2.83. The molecule has 1 aromatic heterocycles. The van der Waals surface area contributed by atoms with Crippen LogP contribution in [0.4, 0.5) is 16.2 Å². The molecule has 126 valence electrons. The number of anilines is 2. The van der Waals surface area contributed by atoms with Crippen LogP contribution in [-0.2, 0) is 18.3 Å². The predicted molar refractivity (Wildman–Crippen MR) is 91.9 cm³/mol. The molecule has 0 saturated carbocycles. The van der Waals surface area contributed by atoms with Gasteiger partial charge in [0.1, 0.15) is 0 Å². The fraction of sp³-hybridized carbons (Fsp3) is 0.353. The first-order valence-electron chi connectivity index (χ1n) is 7.93. The lowest BCUT2D eigenvalue weighted by Crippen LogP contribution is -2.31. The van der Waals surface area contributed by atoms with Gasteiger partial charge >= 0.3 is 6.03 Å². The Morgan fingerprint density at radius 3 is 2.88 bits per heavy atom. The Labute approximate surface area is 140 Å². The largest absolute Gasteiger partial charge is 0.331 e. The van der Waals surface area contributed by atoms with Crippen LogP contribution >= 0.6 is 0 Å². The Bertz CT molecular complexity index is 796. The number of aryl methyl sites for hydroxylation is 3. The molecule has 0 spiro atoms. The average Bonchev–Trinajstić information content (AvgIpc) is 2.86. The number of rotatable bonds is 3. The molecule has 0 saturated heterocycles. The molecule has 2 heterocycles. The number of carbonyl (C=O) groups excluding carboxylic acids is 2. The SMILES string of the molecule is Cc1nn(C)cc1[C@H](C)NC(=O)Nc1ccc2c(c1)CCC(=O)N2. The van der Waals surface area contributed by atoms with Crippen molar-refractivity contribution in [2.75, 3.05) is 10.6 Å². The van der Waals surface area contributed by atoms with Crippen molar-refractivity contribution < 1.29 is 9.59 Å². The van der Waals surface area contributed by atoms with E-state index in [9.17, 15) is 9.59 Å². The fourth-order valence-electron chi connectivity index (χ4n) is 2.95. The van der Waals surface area contributed by atoms with E-state index in [1.54, 1.807) is 10.7 Å². The minimum absolute atomic E-state index is 0.0293. The maximum Gasteiger partial charge on any atom is 0.319 e. The summed E-state index contributed by atoms with van der Waals surface area (Å²) in [5.41, 5.74) is 4.44. The van der Waals surface area contributed by atoms with Crippen LogP contribution < -0.4 is 16.0 Å². The number of nitrogens with zero attached hydrogens (tertiary/aromatic N) is 2. The monoisotopic (exact) mass is 327 g/mol. The quantitative estimate of drug-likeness (QED) is 0.809. The number of urea groups is 1. The molecule has 0 bridgehead atoms. The summed E-state index contributed by atoms with van der Waals surface area (Å²) in [5.74, 6) is 0.0293. The number of aromatic nitrogens is 2. The molecule has 2 aromatic rings. The van der Waals surface area contributed by atoms with Gasteiger partial charge in [-0.2, -0.15) is 5.10 Å². The molecule has 1 aromatic carbocycles. The van der Waals surface area contributed by atoms with E-state index in [4.69, 9.17) is 0 Å². The molecule has 24 heavy (non-hydrogen) atoms. The van der Waals surface area contributed by atoms with E-state index in [1.807, 2.05) is 39.2 Å². The Morgan fingerprint density at radius 2 is 2.17 bits per heavy atom. The molecule has 0 unspecified atom stereocenters. The molecule has 7 nitrogen and oxygen atoms in total. The average molecular weight is 327 g/mol. The lowest BCUT2D eigenvalue weighted by atomic mass is 10.0. The normalized spacial score (nSPS) is 14.5. The molecule has 1 atom stereocenters. The van der Waals surface area contributed by atoms with Gasteiger partial charge in [0.05, 0.1) is 11.7 Å². The van der Waals surface area contributed by atoms with Crippen LogP contribution in [0.25, 0.3) is 0 Å². The molecule has 7 heteroatoms. The van der Waals surface area contributed by atoms with Gasteiger partial charge in [-0.3, -0.25) is 9.48 Å². The van der Waals surface area contributed by atoms with Gasteiger partial charge in [-0.05, 0) is 44.0 Å². The molecule has 3 N–H and O–H groups in total. The lowest BCUT2D eigenvalue weighted by molar-refractivity contribution is -0.116. The summed E-state index contributed by atoms with van der Waals surface area (Å²) in [6, 6.07) is 5.08. The highest BCUT2D eigenvalue weighted by atomic mass is 16.2. The predicted octanol–water partition coefficient (Wildman–Crippen LogP) is 2.50. The summed E-state index contributed by atoms with van der Waals surface area (Å²) in [6.07, 6.45) is 3.06. The van der Waals surface area contributed by atoms with Gasteiger partial charge in [-0.25, -0.2) is 4.79 Å². The third-order valence-corrected chi connectivity index (χ3v) is 4.12. The van der Waals surface area contributed by atoms with E-state index < -0.39 is 0 Å². The number of hydrogen-bond acceptors (Lipinski definition) is 3. The Balaban J connectivity index is 1.65. The van der Waals surface area contributed by atoms with Crippen LogP contribution in [0.2, 0.25) is 0 Å². The summed E-state index contributed by atoms with van der Waals surface area (Å²) in [5, 5.41) is 12.9. The van der Waals surface area contributed by atoms with Crippen LogP contribution in [0.15, 0.2) is 24.4 Å². The van der Waals surface area contributed by atoms with Crippen molar-refractivity contribution in [2.24, 2.45) is 7.05 Å². The summed E-state index contributed by atoms with van der Waals surface area (Å²) >= 11 is 0. The Kier molecular flexibility index (Phi) is 4.24. The second-order valence-corrected chi connectivity index (χ2v) is 6.08. The van der Waals surface area contributed by atoms with E-state index in [2.05, 4.69) is 21.0 Å². The van der Waals surface area contributed by atoms with Gasteiger partial charge < -0.3 is 16.0 Å². The van der Waals surface area contributed by atoms with E-state index >= 15 is 0 Å². The van der Waals surface area contributed by atoms with E-state index in [1.165, 1.54) is 0 Å². The first-order valence-corrected chi connectivity index (χ1v) is 7.93. The standard InChI is InChI=1S/C17H21N5O2/c1-10(14-9-22(3)21-11(14)2)18-17(24)19-13-5-6-15-12(8-13)4-7-16(23)20-15/h5-6,8-10H,4,7H2,1-3H3,(H,20,23)(H2,18,19,24)/t10-/m0/s1. The van der Waals surface area contributed by atoms with Crippen LogP contribution in [0.3, 0.4) is 0 Å². The summed E-state index contributed by atoms with van der Waals surface area (Å²) in [4.78, 5) is 23.6. The molecular formula is C17H21N5O2. The molecule has 0 radical (unpaired) electrons. The van der Waals surface area contributed by atoms with Crippen molar-refractivity contribution in [2.45, 2.75) is 32.7 Å². The molecule has 3 rings (SSSR count). The summed E-state index contributed by atoms with van der Waals surface area (Å²) in [6.45, 7) is 3.84. The first-order chi connectivity index (χ1) is 11.4. The van der Waals surface area contributed by atoms with Crippen LogP contribution in [0.5, 0.6) is 0 Å². The number of hydrogen-bond donors (Lipinski definition) is 3. The van der Waals surface area contributed by atoms with Gasteiger partial charge in [-0.1, -0.05) is 0 Å². The number of amides is 3. The van der Waals surface area contributed by atoms with Crippen molar-refractivity contribution in [3.63, 3.8) is 0 Å².